The van der Waals surface area contributed by atoms with E-state index in [1.807, 2.05) is 0 Å². The molecule has 1 fully saturated rings. The number of rotatable bonds is 1. The van der Waals surface area contributed by atoms with E-state index in [1.165, 1.54) is 6.42 Å². The second-order valence-electron chi connectivity index (χ2n) is 4.11. The van der Waals surface area contributed by atoms with Crippen LogP contribution in [0.1, 0.15) is 40.0 Å². The van der Waals surface area contributed by atoms with Crippen molar-refractivity contribution in [1.82, 2.24) is 0 Å². The first-order chi connectivity index (χ1) is 6.04. The molecule has 2 atom stereocenters. The van der Waals surface area contributed by atoms with Crippen molar-refractivity contribution < 1.29 is 9.90 Å². The van der Waals surface area contributed by atoms with Crippen LogP contribution in [0.25, 0.3) is 0 Å². The maximum absolute atomic E-state index is 10.8. The average Bonchev–Trinajstić information content (AvgIpc) is 2.08. The van der Waals surface area contributed by atoms with Gasteiger partial charge in [0.05, 0.1) is 0 Å². The van der Waals surface area contributed by atoms with Gasteiger partial charge in [0.1, 0.15) is 0 Å². The van der Waals surface area contributed by atoms with Crippen molar-refractivity contribution in [3.05, 3.63) is 11.1 Å². The highest BCUT2D eigenvalue weighted by atomic mass is 16.4. The fraction of sp³-hybridized carbons (Fsp3) is 0.727. The Hall–Kier alpha value is -0.790. The Morgan fingerprint density at radius 2 is 2.08 bits per heavy atom. The van der Waals surface area contributed by atoms with Gasteiger partial charge in [0.2, 0.25) is 0 Å². The van der Waals surface area contributed by atoms with Crippen molar-refractivity contribution >= 4 is 5.97 Å². The van der Waals surface area contributed by atoms with Crippen LogP contribution in [0, 0.1) is 11.8 Å². The smallest absolute Gasteiger partial charge is 0.331 e. The summed E-state index contributed by atoms with van der Waals surface area (Å²) in [5.74, 6) is 0.332. The van der Waals surface area contributed by atoms with E-state index in [9.17, 15) is 4.79 Å². The quantitative estimate of drug-likeness (QED) is 0.633. The highest BCUT2D eigenvalue weighted by Gasteiger charge is 2.24. The van der Waals surface area contributed by atoms with Crippen molar-refractivity contribution in [2.75, 3.05) is 0 Å². The molecule has 1 saturated carbocycles. The van der Waals surface area contributed by atoms with Gasteiger partial charge >= 0.3 is 5.97 Å². The lowest BCUT2D eigenvalue weighted by atomic mass is 9.76. The van der Waals surface area contributed by atoms with Crippen LogP contribution in [0.4, 0.5) is 0 Å². The van der Waals surface area contributed by atoms with E-state index in [1.54, 1.807) is 6.92 Å². The number of hydrogen-bond acceptors (Lipinski definition) is 1. The number of aliphatic carboxylic acids is 1. The molecule has 2 heteroatoms. The minimum absolute atomic E-state index is 0.449. The van der Waals surface area contributed by atoms with Crippen LogP contribution in [-0.4, -0.2) is 11.1 Å². The summed E-state index contributed by atoms with van der Waals surface area (Å²) >= 11 is 0. The maximum Gasteiger partial charge on any atom is 0.331 e. The molecule has 0 aliphatic heterocycles. The summed E-state index contributed by atoms with van der Waals surface area (Å²) in [6.45, 7) is 6.08. The zero-order valence-electron chi connectivity index (χ0n) is 8.63. The Bertz CT molecular complexity index is 240. The Labute approximate surface area is 79.6 Å². The molecule has 74 valence electrons. The fourth-order valence-corrected chi connectivity index (χ4v) is 2.10. The van der Waals surface area contributed by atoms with Crippen molar-refractivity contribution in [2.45, 2.75) is 40.0 Å². The monoisotopic (exact) mass is 182 g/mol. The van der Waals surface area contributed by atoms with Crippen LogP contribution in [0.5, 0.6) is 0 Å². The molecular weight excluding hydrogens is 164 g/mol. The third-order valence-electron chi connectivity index (χ3n) is 3.31. The van der Waals surface area contributed by atoms with Gasteiger partial charge in [-0.1, -0.05) is 19.4 Å². The molecular formula is C11H18O2. The summed E-state index contributed by atoms with van der Waals surface area (Å²) in [5, 5.41) is 8.88. The lowest BCUT2D eigenvalue weighted by molar-refractivity contribution is -0.132. The van der Waals surface area contributed by atoms with Crippen molar-refractivity contribution in [3.8, 4) is 0 Å². The molecule has 0 amide bonds. The standard InChI is InChI=1S/C11H18O2/c1-7-5-4-6-10(8(7)2)9(3)11(12)13/h7-8H,4-6H2,1-3H3,(H,12,13). The fourth-order valence-electron chi connectivity index (χ4n) is 2.10. The van der Waals surface area contributed by atoms with E-state index in [-0.39, 0.29) is 0 Å². The molecule has 0 aromatic rings. The molecule has 0 spiro atoms. The van der Waals surface area contributed by atoms with Crippen molar-refractivity contribution in [3.63, 3.8) is 0 Å². The van der Waals surface area contributed by atoms with E-state index in [0.717, 1.165) is 18.4 Å². The van der Waals surface area contributed by atoms with Gasteiger partial charge < -0.3 is 5.11 Å². The Morgan fingerprint density at radius 1 is 1.46 bits per heavy atom. The zero-order valence-corrected chi connectivity index (χ0v) is 8.63. The summed E-state index contributed by atoms with van der Waals surface area (Å²) in [6.07, 6.45) is 3.35. The maximum atomic E-state index is 10.8. The first-order valence-corrected chi connectivity index (χ1v) is 4.97. The number of carboxylic acids is 1. The predicted octanol–water partition coefficient (Wildman–Crippen LogP) is 2.84. The summed E-state index contributed by atoms with van der Waals surface area (Å²) in [6, 6.07) is 0. The lowest BCUT2D eigenvalue weighted by Gasteiger charge is -2.29. The minimum Gasteiger partial charge on any atom is -0.478 e. The largest absolute Gasteiger partial charge is 0.478 e. The molecule has 0 bridgehead atoms. The van der Waals surface area contributed by atoms with E-state index < -0.39 is 5.97 Å². The normalized spacial score (nSPS) is 32.8. The Morgan fingerprint density at radius 3 is 2.62 bits per heavy atom. The molecule has 13 heavy (non-hydrogen) atoms. The molecule has 1 aliphatic carbocycles. The van der Waals surface area contributed by atoms with Crippen LogP contribution in [0.15, 0.2) is 11.1 Å². The number of hydrogen-bond donors (Lipinski definition) is 1. The zero-order chi connectivity index (χ0) is 10.0. The summed E-state index contributed by atoms with van der Waals surface area (Å²) in [5.41, 5.74) is 1.73. The molecule has 0 radical (unpaired) electrons. The number of allylic oxidation sites excluding steroid dienone is 1. The highest BCUT2D eigenvalue weighted by Crippen LogP contribution is 2.35. The predicted molar refractivity (Wildman–Crippen MR) is 52.5 cm³/mol. The third kappa shape index (κ3) is 2.11. The minimum atomic E-state index is -0.754. The van der Waals surface area contributed by atoms with Crippen molar-refractivity contribution in [2.24, 2.45) is 11.8 Å². The molecule has 2 nitrogen and oxygen atoms in total. The van der Waals surface area contributed by atoms with Gasteiger partial charge in [-0.05, 0) is 38.0 Å². The third-order valence-corrected chi connectivity index (χ3v) is 3.31. The van der Waals surface area contributed by atoms with Crippen LogP contribution >= 0.6 is 0 Å². The molecule has 2 unspecified atom stereocenters. The van der Waals surface area contributed by atoms with Crippen LogP contribution in [0.2, 0.25) is 0 Å². The summed E-state index contributed by atoms with van der Waals surface area (Å²) in [7, 11) is 0. The molecule has 0 aromatic heterocycles. The Balaban J connectivity index is 2.90. The SMILES string of the molecule is CC(C(=O)O)=C1CCCC(C)C1C. The average molecular weight is 182 g/mol. The molecule has 1 rings (SSSR count). The first-order valence-electron chi connectivity index (χ1n) is 4.97. The van der Waals surface area contributed by atoms with Crippen LogP contribution < -0.4 is 0 Å². The van der Waals surface area contributed by atoms with Gasteiger partial charge in [0.15, 0.2) is 0 Å². The van der Waals surface area contributed by atoms with Crippen molar-refractivity contribution in [1.29, 1.82) is 0 Å². The second kappa shape index (κ2) is 3.95. The number of carboxylic acid groups (broad SMARTS) is 1. The molecule has 0 saturated heterocycles. The summed E-state index contributed by atoms with van der Waals surface area (Å²) in [4.78, 5) is 10.8. The van der Waals surface area contributed by atoms with Gasteiger partial charge in [0, 0.05) is 5.57 Å². The topological polar surface area (TPSA) is 37.3 Å². The van der Waals surface area contributed by atoms with Crippen LogP contribution in [-0.2, 0) is 4.79 Å². The molecule has 1 aliphatic rings. The molecule has 1 N–H and O–H groups in total. The number of carbonyl (C=O) groups is 1. The molecule has 0 aromatic carbocycles. The van der Waals surface area contributed by atoms with Crippen LogP contribution in [0.3, 0.4) is 0 Å². The van der Waals surface area contributed by atoms with Gasteiger partial charge in [-0.2, -0.15) is 0 Å². The van der Waals surface area contributed by atoms with E-state index >= 15 is 0 Å². The van der Waals surface area contributed by atoms with Gasteiger partial charge in [-0.25, -0.2) is 4.79 Å². The van der Waals surface area contributed by atoms with Gasteiger partial charge in [-0.3, -0.25) is 0 Å². The van der Waals surface area contributed by atoms with E-state index in [4.69, 9.17) is 5.11 Å². The Kier molecular flexibility index (Phi) is 3.12. The van der Waals surface area contributed by atoms with E-state index in [0.29, 0.717) is 17.4 Å². The lowest BCUT2D eigenvalue weighted by Crippen LogP contribution is -2.19. The summed E-state index contributed by atoms with van der Waals surface area (Å²) < 4.78 is 0. The van der Waals surface area contributed by atoms with Gasteiger partial charge in [0.25, 0.3) is 0 Å². The first kappa shape index (κ1) is 10.3. The van der Waals surface area contributed by atoms with E-state index in [2.05, 4.69) is 13.8 Å². The molecule has 0 heterocycles. The highest BCUT2D eigenvalue weighted by molar-refractivity contribution is 5.86. The second-order valence-corrected chi connectivity index (χ2v) is 4.11. The van der Waals surface area contributed by atoms with Gasteiger partial charge in [-0.15, -0.1) is 0 Å².